The Bertz CT molecular complexity index is 804. The zero-order chi connectivity index (χ0) is 18.3. The van der Waals surface area contributed by atoms with E-state index in [4.69, 9.17) is 4.74 Å². The Morgan fingerprint density at radius 2 is 1.38 bits per heavy atom. The summed E-state index contributed by atoms with van der Waals surface area (Å²) in [5, 5.41) is 0. The molecule has 5 rings (SSSR count). The van der Waals surface area contributed by atoms with Gasteiger partial charge in [0.2, 0.25) is 11.6 Å². The summed E-state index contributed by atoms with van der Waals surface area (Å²) in [6.07, 6.45) is 1.52. The smallest absolute Gasteiger partial charge is 0.227 e. The fourth-order valence-electron chi connectivity index (χ4n) is 2.86. The van der Waals surface area contributed by atoms with Gasteiger partial charge >= 0.3 is 62.3 Å². The van der Waals surface area contributed by atoms with Gasteiger partial charge in [0, 0.05) is 45.3 Å². The van der Waals surface area contributed by atoms with Crippen LogP contribution in [0.3, 0.4) is 0 Å². The molecule has 0 aromatic heterocycles. The van der Waals surface area contributed by atoms with Crippen molar-refractivity contribution in [3.8, 4) is 5.75 Å². The number of allylic oxidation sites excluding steroid dienone is 1. The molecule has 0 N–H and O–H groups in total. The van der Waals surface area contributed by atoms with Crippen LogP contribution in [-0.4, -0.2) is 88.7 Å². The first-order valence-electron chi connectivity index (χ1n) is 8.71. The Hall–Kier alpha value is -2.24. The van der Waals surface area contributed by atoms with Gasteiger partial charge in [0.15, 0.2) is 0 Å². The normalized spacial score (nSPS) is 20.5. The molecule has 3 fully saturated rings. The van der Waals surface area contributed by atoms with Crippen molar-refractivity contribution in [1.82, 2.24) is 14.7 Å². The van der Waals surface area contributed by atoms with Crippen LogP contribution in [0, 0.1) is 0 Å². The standard InChI is InChI=1S/C12H13N3O2.C7H8OSe/c16-9-7-8(13-1-2-13)12(17)11(15-5-6-15)10(9)14-3-4-14;1-8-6-2-4-7(9)5-3-6/h7H,1-6H2;2-5,9H,1H3. The van der Waals surface area contributed by atoms with E-state index in [9.17, 15) is 9.59 Å². The van der Waals surface area contributed by atoms with Crippen molar-refractivity contribution in [2.75, 3.05) is 46.4 Å². The van der Waals surface area contributed by atoms with E-state index < -0.39 is 0 Å². The topological polar surface area (TPSA) is 52.4 Å². The SMILES string of the molecule is COc1ccc([SeH])cc1.O=C1C=C(N2CC2)C(=O)C(N2CC2)=C1N1CC1. The first-order chi connectivity index (χ1) is 12.6. The summed E-state index contributed by atoms with van der Waals surface area (Å²) in [5.41, 5.74) is 1.89. The van der Waals surface area contributed by atoms with Gasteiger partial charge < -0.3 is 14.7 Å². The molecule has 0 spiro atoms. The molecule has 136 valence electrons. The van der Waals surface area contributed by atoms with Gasteiger partial charge in [0.25, 0.3) is 0 Å². The molecule has 0 unspecified atom stereocenters. The number of ether oxygens (including phenoxy) is 1. The molecular weight excluding hydrogens is 397 g/mol. The summed E-state index contributed by atoms with van der Waals surface area (Å²) in [4.78, 5) is 30.5. The summed E-state index contributed by atoms with van der Waals surface area (Å²) >= 11 is 2.48. The van der Waals surface area contributed by atoms with Crippen LogP contribution < -0.4 is 9.20 Å². The number of Topliss-reactive ketones (excluding diaryl/α,β-unsaturated/α-hetero) is 1. The molecule has 7 heteroatoms. The first-order valence-corrected chi connectivity index (χ1v) is 9.65. The van der Waals surface area contributed by atoms with E-state index in [-0.39, 0.29) is 11.6 Å². The quantitative estimate of drug-likeness (QED) is 0.370. The minimum absolute atomic E-state index is 0.00546. The van der Waals surface area contributed by atoms with Crippen LogP contribution >= 0.6 is 0 Å². The third-order valence-corrected chi connectivity index (χ3v) is 5.19. The molecule has 3 saturated heterocycles. The maximum atomic E-state index is 12.4. The maximum Gasteiger partial charge on any atom is 0.227 e. The van der Waals surface area contributed by atoms with Crippen molar-refractivity contribution in [2.45, 2.75) is 0 Å². The Morgan fingerprint density at radius 3 is 1.88 bits per heavy atom. The fraction of sp³-hybridized carbons (Fsp3) is 0.368. The summed E-state index contributed by atoms with van der Waals surface area (Å²) in [7, 11) is 1.67. The van der Waals surface area contributed by atoms with Crippen molar-refractivity contribution in [2.24, 2.45) is 0 Å². The summed E-state index contributed by atoms with van der Waals surface area (Å²) in [6, 6.07) is 7.87. The van der Waals surface area contributed by atoms with Crippen LogP contribution in [0.4, 0.5) is 0 Å². The van der Waals surface area contributed by atoms with Crippen LogP contribution in [0.2, 0.25) is 0 Å². The predicted molar refractivity (Wildman–Crippen MR) is 99.6 cm³/mol. The monoisotopic (exact) mass is 419 g/mol. The molecule has 0 saturated carbocycles. The second kappa shape index (κ2) is 6.82. The number of nitrogens with zero attached hydrogens (tertiary/aromatic N) is 3. The molecule has 1 aromatic carbocycles. The van der Waals surface area contributed by atoms with E-state index in [0.29, 0.717) is 17.1 Å². The van der Waals surface area contributed by atoms with Crippen LogP contribution in [0.5, 0.6) is 5.75 Å². The largest absolute Gasteiger partial charge is 0.365 e. The number of rotatable bonds is 4. The predicted octanol–water partition coefficient (Wildman–Crippen LogP) is -0.598. The maximum absolute atomic E-state index is 12.4. The zero-order valence-corrected chi connectivity index (χ0v) is 16.5. The number of carbonyl (C=O) groups is 2. The molecule has 1 aromatic rings. The second-order valence-corrected chi connectivity index (χ2v) is 7.66. The molecule has 0 atom stereocenters. The van der Waals surface area contributed by atoms with Crippen molar-refractivity contribution in [1.29, 1.82) is 0 Å². The van der Waals surface area contributed by atoms with Gasteiger partial charge in [-0.05, 0) is 0 Å². The number of carbonyl (C=O) groups excluding carboxylic acids is 2. The summed E-state index contributed by atoms with van der Waals surface area (Å²) < 4.78 is 6.16. The van der Waals surface area contributed by atoms with Crippen LogP contribution in [-0.2, 0) is 9.59 Å². The molecule has 0 amide bonds. The van der Waals surface area contributed by atoms with Gasteiger partial charge in [-0.2, -0.15) is 0 Å². The molecule has 3 heterocycles. The molecule has 3 aliphatic heterocycles. The van der Waals surface area contributed by atoms with Crippen LogP contribution in [0.1, 0.15) is 0 Å². The number of hydrogen-bond acceptors (Lipinski definition) is 6. The molecule has 26 heavy (non-hydrogen) atoms. The Labute approximate surface area is 160 Å². The molecule has 6 nitrogen and oxygen atoms in total. The average Bonchev–Trinajstić information content (AvgIpc) is 3.50. The van der Waals surface area contributed by atoms with E-state index in [0.717, 1.165) is 45.0 Å². The Balaban J connectivity index is 0.000000160. The zero-order valence-electron chi connectivity index (χ0n) is 14.6. The minimum atomic E-state index is 0.00546. The Morgan fingerprint density at radius 1 is 0.846 bits per heavy atom. The average molecular weight is 418 g/mol. The second-order valence-electron chi connectivity index (χ2n) is 6.58. The van der Waals surface area contributed by atoms with Crippen LogP contribution in [0.25, 0.3) is 0 Å². The minimum Gasteiger partial charge on any atom is -0.365 e. The van der Waals surface area contributed by atoms with E-state index in [1.807, 2.05) is 39.0 Å². The van der Waals surface area contributed by atoms with Gasteiger partial charge in [0.05, 0.1) is 5.70 Å². The summed E-state index contributed by atoms with van der Waals surface area (Å²) in [6.45, 7) is 5.41. The molecule has 0 bridgehead atoms. The van der Waals surface area contributed by atoms with Gasteiger partial charge in [-0.3, -0.25) is 9.59 Å². The van der Waals surface area contributed by atoms with E-state index in [2.05, 4.69) is 16.0 Å². The van der Waals surface area contributed by atoms with Crippen molar-refractivity contribution < 1.29 is 14.3 Å². The molecule has 0 radical (unpaired) electrons. The first kappa shape index (κ1) is 17.2. The van der Waals surface area contributed by atoms with Crippen molar-refractivity contribution in [3.05, 3.63) is 47.4 Å². The van der Waals surface area contributed by atoms with Gasteiger partial charge in [0.1, 0.15) is 11.4 Å². The third-order valence-electron chi connectivity index (χ3n) is 4.56. The van der Waals surface area contributed by atoms with E-state index in [1.54, 1.807) is 7.11 Å². The van der Waals surface area contributed by atoms with Crippen molar-refractivity contribution >= 4 is 32.0 Å². The van der Waals surface area contributed by atoms with Gasteiger partial charge in [-0.15, -0.1) is 0 Å². The van der Waals surface area contributed by atoms with Gasteiger partial charge in [-0.1, -0.05) is 0 Å². The number of ketones is 2. The molecule has 4 aliphatic rings. The fourth-order valence-corrected chi connectivity index (χ4v) is 3.17. The number of methoxy groups -OCH3 is 1. The van der Waals surface area contributed by atoms with Gasteiger partial charge in [-0.25, -0.2) is 0 Å². The van der Waals surface area contributed by atoms with Crippen LogP contribution in [0.15, 0.2) is 47.4 Å². The van der Waals surface area contributed by atoms with E-state index in [1.165, 1.54) is 10.5 Å². The van der Waals surface area contributed by atoms with Crippen molar-refractivity contribution in [3.63, 3.8) is 0 Å². The number of hydrogen-bond donors (Lipinski definition) is 0. The molecular formula is C19H21N3O3Se. The Kier molecular flexibility index (Phi) is 4.51. The third kappa shape index (κ3) is 3.64. The van der Waals surface area contributed by atoms with E-state index >= 15 is 0 Å². The summed E-state index contributed by atoms with van der Waals surface area (Å²) in [5.74, 6) is 0.956. The number of benzene rings is 1. The molecule has 1 aliphatic carbocycles.